The minimum atomic E-state index is -3.13. The Morgan fingerprint density at radius 1 is 1.26 bits per heavy atom. The number of halogens is 2. The number of hydrogen-bond acceptors (Lipinski definition) is 3. The fraction of sp³-hybridized carbons (Fsp3) is 0.417. The van der Waals surface area contributed by atoms with Gasteiger partial charge in [0.2, 0.25) is 5.91 Å². The molecule has 7 heteroatoms. The maximum atomic E-state index is 11.8. The van der Waals surface area contributed by atoms with Crippen LogP contribution in [0.25, 0.3) is 0 Å². The van der Waals surface area contributed by atoms with Crippen LogP contribution in [0, 0.1) is 0 Å². The summed E-state index contributed by atoms with van der Waals surface area (Å²) in [5.74, 6) is -0.413. The maximum Gasteiger partial charge on any atom is 0.224 e. The summed E-state index contributed by atoms with van der Waals surface area (Å²) >= 11 is 11.7. The molecule has 1 aliphatic rings. The summed E-state index contributed by atoms with van der Waals surface area (Å²) in [4.78, 5) is 11.8. The van der Waals surface area contributed by atoms with E-state index >= 15 is 0 Å². The summed E-state index contributed by atoms with van der Waals surface area (Å²) in [7, 11) is -3.13. The zero-order chi connectivity index (χ0) is 14.0. The van der Waals surface area contributed by atoms with Gasteiger partial charge in [-0.25, -0.2) is 8.42 Å². The molecular formula is C12H13Cl2NO3S. The molecule has 1 fully saturated rings. The Balaban J connectivity index is 1.93. The van der Waals surface area contributed by atoms with Crippen LogP contribution in [0.3, 0.4) is 0 Å². The molecular weight excluding hydrogens is 309 g/mol. The summed E-state index contributed by atoms with van der Waals surface area (Å²) < 4.78 is 22.8. The molecule has 2 unspecified atom stereocenters. The van der Waals surface area contributed by atoms with Gasteiger partial charge in [-0.3, -0.25) is 4.79 Å². The average Bonchev–Trinajstić information content (AvgIpc) is 2.55. The van der Waals surface area contributed by atoms with Gasteiger partial charge in [0.15, 0.2) is 9.84 Å². The normalized spacial score (nSPS) is 25.2. The minimum absolute atomic E-state index is 0.0829. The highest BCUT2D eigenvalue weighted by atomic mass is 35.5. The fourth-order valence-corrected chi connectivity index (χ4v) is 4.66. The molecule has 1 aromatic rings. The van der Waals surface area contributed by atoms with Crippen molar-refractivity contribution in [1.29, 1.82) is 0 Å². The van der Waals surface area contributed by atoms with Gasteiger partial charge in [-0.2, -0.15) is 0 Å². The molecule has 1 aliphatic heterocycles. The number of carbonyl (C=O) groups is 1. The molecule has 1 saturated heterocycles. The fourth-order valence-electron chi connectivity index (χ4n) is 1.98. The smallest absolute Gasteiger partial charge is 0.224 e. The van der Waals surface area contributed by atoms with Crippen molar-refractivity contribution in [2.75, 3.05) is 11.5 Å². The van der Waals surface area contributed by atoms with E-state index in [2.05, 4.69) is 5.32 Å². The van der Waals surface area contributed by atoms with Gasteiger partial charge >= 0.3 is 0 Å². The first-order chi connectivity index (χ1) is 8.85. The lowest BCUT2D eigenvalue weighted by Crippen LogP contribution is -2.41. The van der Waals surface area contributed by atoms with Crippen molar-refractivity contribution < 1.29 is 13.2 Å². The zero-order valence-corrected chi connectivity index (χ0v) is 12.3. The Bertz CT molecular complexity index is 571. The van der Waals surface area contributed by atoms with Gasteiger partial charge in [0.05, 0.1) is 29.3 Å². The lowest BCUT2D eigenvalue weighted by Gasteiger charge is -2.14. The van der Waals surface area contributed by atoms with E-state index in [1.54, 1.807) is 24.3 Å². The van der Waals surface area contributed by atoms with Gasteiger partial charge in [0.25, 0.3) is 0 Å². The number of sulfone groups is 1. The van der Waals surface area contributed by atoms with Crippen LogP contribution in [0.4, 0.5) is 0 Å². The first-order valence-corrected chi connectivity index (χ1v) is 8.37. The number of hydrogen-bond donors (Lipinski definition) is 1. The SMILES string of the molecule is O=C(Cc1ccc(Cl)cc1)NC1CS(=O)(=O)CC1Cl. The van der Waals surface area contributed by atoms with Gasteiger partial charge in [-0.15, -0.1) is 11.6 Å². The van der Waals surface area contributed by atoms with Gasteiger partial charge in [-0.05, 0) is 17.7 Å². The third kappa shape index (κ3) is 4.09. The molecule has 0 aliphatic carbocycles. The quantitative estimate of drug-likeness (QED) is 0.856. The largest absolute Gasteiger partial charge is 0.351 e. The predicted molar refractivity (Wildman–Crippen MR) is 75.4 cm³/mol. The summed E-state index contributed by atoms with van der Waals surface area (Å²) in [6, 6.07) is 6.41. The summed E-state index contributed by atoms with van der Waals surface area (Å²) in [5, 5.41) is 2.71. The minimum Gasteiger partial charge on any atom is -0.351 e. The second-order valence-electron chi connectivity index (χ2n) is 4.57. The lowest BCUT2D eigenvalue weighted by molar-refractivity contribution is -0.120. The van der Waals surface area contributed by atoms with E-state index in [4.69, 9.17) is 23.2 Å². The molecule has 1 amide bonds. The van der Waals surface area contributed by atoms with Crippen molar-refractivity contribution in [3.8, 4) is 0 Å². The second-order valence-corrected chi connectivity index (χ2v) is 7.72. The standard InChI is InChI=1S/C12H13Cl2NO3S/c13-9-3-1-8(2-4-9)5-12(16)15-11-7-19(17,18)6-10(11)14/h1-4,10-11H,5-7H2,(H,15,16). The van der Waals surface area contributed by atoms with Crippen LogP contribution in [0.1, 0.15) is 5.56 Å². The van der Waals surface area contributed by atoms with Crippen LogP contribution in [0.15, 0.2) is 24.3 Å². The predicted octanol–water partition coefficient (Wildman–Crippen LogP) is 1.40. The van der Waals surface area contributed by atoms with Crippen molar-refractivity contribution >= 4 is 38.9 Å². The molecule has 2 atom stereocenters. The molecule has 4 nitrogen and oxygen atoms in total. The number of nitrogens with one attached hydrogen (secondary N) is 1. The first-order valence-electron chi connectivity index (χ1n) is 5.74. The number of rotatable bonds is 3. The van der Waals surface area contributed by atoms with Crippen LogP contribution < -0.4 is 5.32 Å². The Kier molecular flexibility index (Phi) is 4.38. The van der Waals surface area contributed by atoms with E-state index in [9.17, 15) is 13.2 Å². The Morgan fingerprint density at radius 3 is 2.42 bits per heavy atom. The number of carbonyl (C=O) groups excluding carboxylic acids is 1. The van der Waals surface area contributed by atoms with E-state index in [1.165, 1.54) is 0 Å². The molecule has 0 aromatic heterocycles. The molecule has 0 radical (unpaired) electrons. The topological polar surface area (TPSA) is 63.2 Å². The van der Waals surface area contributed by atoms with Crippen molar-refractivity contribution in [2.45, 2.75) is 17.8 Å². The number of amides is 1. The van der Waals surface area contributed by atoms with Crippen molar-refractivity contribution in [1.82, 2.24) is 5.32 Å². The zero-order valence-electron chi connectivity index (χ0n) is 9.97. The Labute approximate surface area is 122 Å². The van der Waals surface area contributed by atoms with Crippen LogP contribution in [-0.4, -0.2) is 37.2 Å². The van der Waals surface area contributed by atoms with Crippen LogP contribution in [0.2, 0.25) is 5.02 Å². The van der Waals surface area contributed by atoms with Crippen molar-refractivity contribution in [3.63, 3.8) is 0 Å². The van der Waals surface area contributed by atoms with E-state index < -0.39 is 21.3 Å². The van der Waals surface area contributed by atoms with E-state index in [0.717, 1.165) is 5.56 Å². The van der Waals surface area contributed by atoms with Crippen LogP contribution in [-0.2, 0) is 21.1 Å². The van der Waals surface area contributed by atoms with E-state index in [0.29, 0.717) is 5.02 Å². The van der Waals surface area contributed by atoms with Crippen molar-refractivity contribution in [3.05, 3.63) is 34.9 Å². The molecule has 0 spiro atoms. The third-order valence-corrected chi connectivity index (χ3v) is 5.53. The molecule has 0 saturated carbocycles. The summed E-state index contributed by atoms with van der Waals surface area (Å²) in [5.41, 5.74) is 0.814. The number of alkyl halides is 1. The van der Waals surface area contributed by atoms with Gasteiger partial charge in [-0.1, -0.05) is 23.7 Å². The van der Waals surface area contributed by atoms with Crippen molar-refractivity contribution in [2.24, 2.45) is 0 Å². The highest BCUT2D eigenvalue weighted by Gasteiger charge is 2.37. The third-order valence-electron chi connectivity index (χ3n) is 2.91. The monoisotopic (exact) mass is 321 g/mol. The highest BCUT2D eigenvalue weighted by Crippen LogP contribution is 2.18. The molecule has 1 N–H and O–H groups in total. The maximum absolute atomic E-state index is 11.8. The molecule has 0 bridgehead atoms. The average molecular weight is 322 g/mol. The second kappa shape index (κ2) is 5.69. The van der Waals surface area contributed by atoms with Crippen LogP contribution in [0.5, 0.6) is 0 Å². The highest BCUT2D eigenvalue weighted by molar-refractivity contribution is 7.91. The molecule has 104 valence electrons. The molecule has 19 heavy (non-hydrogen) atoms. The summed E-state index contributed by atoms with van der Waals surface area (Å²) in [6.45, 7) is 0. The molecule has 2 rings (SSSR count). The van der Waals surface area contributed by atoms with E-state index in [1.807, 2.05) is 0 Å². The molecule has 1 aromatic carbocycles. The van der Waals surface area contributed by atoms with Gasteiger partial charge in [0, 0.05) is 5.02 Å². The van der Waals surface area contributed by atoms with Gasteiger partial charge < -0.3 is 5.32 Å². The molecule has 1 heterocycles. The first kappa shape index (κ1) is 14.6. The number of benzene rings is 1. The Hall–Kier alpha value is -0.780. The lowest BCUT2D eigenvalue weighted by atomic mass is 10.1. The van der Waals surface area contributed by atoms with Crippen LogP contribution >= 0.6 is 23.2 Å². The van der Waals surface area contributed by atoms with Gasteiger partial charge in [0.1, 0.15) is 0 Å². The van der Waals surface area contributed by atoms with E-state index in [-0.39, 0.29) is 23.8 Å². The summed E-state index contributed by atoms with van der Waals surface area (Å²) in [6.07, 6.45) is 0.178. The Morgan fingerprint density at radius 2 is 1.89 bits per heavy atom.